The van der Waals surface area contributed by atoms with Gasteiger partial charge in [-0.25, -0.2) is 12.8 Å². The average molecular weight is 343 g/mol. The Labute approximate surface area is 129 Å². The molecular formula is C12H17Cl2FN2O2S. The van der Waals surface area contributed by atoms with E-state index in [0.717, 1.165) is 12.1 Å². The Kier molecular flexibility index (Phi) is 5.80. The van der Waals surface area contributed by atoms with Crippen LogP contribution in [0.15, 0.2) is 23.1 Å². The van der Waals surface area contributed by atoms with Gasteiger partial charge in [-0.2, -0.15) is 4.31 Å². The fraction of sp³-hybridized carbons (Fsp3) is 0.500. The summed E-state index contributed by atoms with van der Waals surface area (Å²) in [6, 6.07) is 3.28. The number of benzene rings is 1. The molecule has 1 aromatic rings. The Bertz CT molecular complexity index is 581. The van der Waals surface area contributed by atoms with Crippen LogP contribution in [0, 0.1) is 11.7 Å². The summed E-state index contributed by atoms with van der Waals surface area (Å²) in [5, 5.41) is 0.0330. The van der Waals surface area contributed by atoms with Crippen molar-refractivity contribution in [3.05, 3.63) is 29.0 Å². The second-order valence-corrected chi connectivity index (χ2v) is 7.16. The molecule has 0 saturated carbocycles. The molecule has 0 bridgehead atoms. The van der Waals surface area contributed by atoms with Crippen molar-refractivity contribution in [2.45, 2.75) is 24.3 Å². The molecule has 1 fully saturated rings. The summed E-state index contributed by atoms with van der Waals surface area (Å²) in [6.07, 6.45) is 0.712. The minimum atomic E-state index is -3.75. The maximum Gasteiger partial charge on any atom is 0.244 e. The Morgan fingerprint density at radius 1 is 1.50 bits per heavy atom. The van der Waals surface area contributed by atoms with Gasteiger partial charge in [0.15, 0.2) is 0 Å². The van der Waals surface area contributed by atoms with Crippen LogP contribution in [0.3, 0.4) is 0 Å². The number of hydrogen-bond acceptors (Lipinski definition) is 3. The zero-order valence-corrected chi connectivity index (χ0v) is 13.3. The first-order chi connectivity index (χ1) is 8.82. The van der Waals surface area contributed by atoms with Crippen molar-refractivity contribution in [3.63, 3.8) is 0 Å². The topological polar surface area (TPSA) is 63.4 Å². The van der Waals surface area contributed by atoms with E-state index >= 15 is 0 Å². The van der Waals surface area contributed by atoms with Gasteiger partial charge in [-0.1, -0.05) is 11.6 Å². The maximum atomic E-state index is 13.2. The van der Waals surface area contributed by atoms with E-state index in [1.807, 2.05) is 6.92 Å². The van der Waals surface area contributed by atoms with Crippen molar-refractivity contribution >= 4 is 34.0 Å². The summed E-state index contributed by atoms with van der Waals surface area (Å²) in [5.41, 5.74) is 5.79. The van der Waals surface area contributed by atoms with Gasteiger partial charge in [0.2, 0.25) is 10.0 Å². The van der Waals surface area contributed by atoms with E-state index < -0.39 is 15.8 Å². The molecule has 2 rings (SSSR count). The van der Waals surface area contributed by atoms with Crippen molar-refractivity contribution in [3.8, 4) is 0 Å². The number of nitrogens with zero attached hydrogens (tertiary/aromatic N) is 1. The highest BCUT2D eigenvalue weighted by atomic mass is 35.5. The molecule has 0 radical (unpaired) electrons. The van der Waals surface area contributed by atoms with Crippen LogP contribution in [0.5, 0.6) is 0 Å². The number of hydrogen-bond donors (Lipinski definition) is 1. The summed E-state index contributed by atoms with van der Waals surface area (Å²) in [7, 11) is -3.75. The highest BCUT2D eigenvalue weighted by Crippen LogP contribution is 2.30. The molecular weight excluding hydrogens is 326 g/mol. The van der Waals surface area contributed by atoms with Crippen LogP contribution in [0.1, 0.15) is 13.3 Å². The highest BCUT2D eigenvalue weighted by Gasteiger charge is 2.35. The van der Waals surface area contributed by atoms with Crippen LogP contribution in [-0.2, 0) is 10.0 Å². The van der Waals surface area contributed by atoms with E-state index in [-0.39, 0.29) is 34.3 Å². The first-order valence-electron chi connectivity index (χ1n) is 6.03. The molecule has 0 aliphatic carbocycles. The standard InChI is InChI=1S/C12H16ClFN2O2S.ClH/c1-8(15)9-4-5-16(7-9)19(17,18)12-6-10(14)2-3-11(12)13;/h2-3,6,8-9H,4-5,7,15H2,1H3;1H. The van der Waals surface area contributed by atoms with Crippen LogP contribution in [0.2, 0.25) is 5.02 Å². The van der Waals surface area contributed by atoms with Gasteiger partial charge in [-0.3, -0.25) is 0 Å². The fourth-order valence-corrected chi connectivity index (χ4v) is 4.21. The van der Waals surface area contributed by atoms with Crippen molar-refractivity contribution in [1.82, 2.24) is 4.31 Å². The summed E-state index contributed by atoms with van der Waals surface area (Å²) in [4.78, 5) is -0.181. The normalized spacial score (nSPS) is 21.5. The number of nitrogens with two attached hydrogens (primary N) is 1. The molecule has 0 spiro atoms. The molecule has 1 aliphatic rings. The smallest absolute Gasteiger partial charge is 0.244 e. The Morgan fingerprint density at radius 2 is 2.15 bits per heavy atom. The molecule has 2 atom stereocenters. The lowest BCUT2D eigenvalue weighted by atomic mass is 10.0. The van der Waals surface area contributed by atoms with Gasteiger partial charge in [0, 0.05) is 19.1 Å². The predicted octanol–water partition coefficient (Wildman–Crippen LogP) is 2.26. The number of sulfonamides is 1. The lowest BCUT2D eigenvalue weighted by Crippen LogP contribution is -2.33. The minimum Gasteiger partial charge on any atom is -0.328 e. The molecule has 2 N–H and O–H groups in total. The molecule has 8 heteroatoms. The molecule has 0 amide bonds. The molecule has 1 saturated heterocycles. The first-order valence-corrected chi connectivity index (χ1v) is 7.85. The van der Waals surface area contributed by atoms with Crippen LogP contribution in [0.25, 0.3) is 0 Å². The summed E-state index contributed by atoms with van der Waals surface area (Å²) in [5.74, 6) is -0.493. The van der Waals surface area contributed by atoms with E-state index in [9.17, 15) is 12.8 Å². The zero-order valence-electron chi connectivity index (χ0n) is 10.9. The summed E-state index contributed by atoms with van der Waals surface area (Å²) in [6.45, 7) is 2.60. The molecule has 1 heterocycles. The van der Waals surface area contributed by atoms with Crippen LogP contribution >= 0.6 is 24.0 Å². The van der Waals surface area contributed by atoms with E-state index in [1.54, 1.807) is 0 Å². The highest BCUT2D eigenvalue weighted by molar-refractivity contribution is 7.89. The monoisotopic (exact) mass is 342 g/mol. The van der Waals surface area contributed by atoms with Crippen molar-refractivity contribution < 1.29 is 12.8 Å². The first kappa shape index (κ1) is 17.7. The van der Waals surface area contributed by atoms with Crippen LogP contribution < -0.4 is 5.73 Å². The van der Waals surface area contributed by atoms with Crippen molar-refractivity contribution in [1.29, 1.82) is 0 Å². The van der Waals surface area contributed by atoms with Gasteiger partial charge < -0.3 is 5.73 Å². The van der Waals surface area contributed by atoms with E-state index in [1.165, 1.54) is 10.4 Å². The second-order valence-electron chi connectivity index (χ2n) is 4.85. The van der Waals surface area contributed by atoms with E-state index in [0.29, 0.717) is 19.5 Å². The third-order valence-electron chi connectivity index (χ3n) is 3.44. The number of rotatable bonds is 3. The van der Waals surface area contributed by atoms with Crippen LogP contribution in [0.4, 0.5) is 4.39 Å². The maximum absolute atomic E-state index is 13.2. The largest absolute Gasteiger partial charge is 0.328 e. The predicted molar refractivity (Wildman–Crippen MR) is 79.2 cm³/mol. The van der Waals surface area contributed by atoms with E-state index in [2.05, 4.69) is 0 Å². The van der Waals surface area contributed by atoms with Gasteiger partial charge in [0.25, 0.3) is 0 Å². The van der Waals surface area contributed by atoms with Gasteiger partial charge >= 0.3 is 0 Å². The zero-order chi connectivity index (χ0) is 14.2. The second kappa shape index (κ2) is 6.58. The Hall–Kier alpha value is -0.400. The van der Waals surface area contributed by atoms with Crippen LogP contribution in [-0.4, -0.2) is 31.9 Å². The van der Waals surface area contributed by atoms with Gasteiger partial charge in [0.05, 0.1) is 5.02 Å². The summed E-state index contributed by atoms with van der Waals surface area (Å²) >= 11 is 5.86. The molecule has 20 heavy (non-hydrogen) atoms. The molecule has 2 unspecified atom stereocenters. The minimum absolute atomic E-state index is 0. The average Bonchev–Trinajstić information content (AvgIpc) is 2.82. The fourth-order valence-electron chi connectivity index (χ4n) is 2.22. The molecule has 4 nitrogen and oxygen atoms in total. The molecule has 0 aromatic heterocycles. The van der Waals surface area contributed by atoms with E-state index in [4.69, 9.17) is 17.3 Å². The Morgan fingerprint density at radius 3 is 2.70 bits per heavy atom. The summed E-state index contributed by atoms with van der Waals surface area (Å²) < 4.78 is 39.3. The third-order valence-corrected chi connectivity index (χ3v) is 5.79. The van der Waals surface area contributed by atoms with Crippen molar-refractivity contribution in [2.24, 2.45) is 11.7 Å². The third kappa shape index (κ3) is 3.43. The lowest BCUT2D eigenvalue weighted by molar-refractivity contribution is 0.428. The SMILES string of the molecule is CC(N)C1CCN(S(=O)(=O)c2cc(F)ccc2Cl)C1.Cl. The van der Waals surface area contributed by atoms with Gasteiger partial charge in [-0.05, 0) is 37.5 Å². The molecule has 1 aromatic carbocycles. The van der Waals surface area contributed by atoms with Crippen molar-refractivity contribution in [2.75, 3.05) is 13.1 Å². The Balaban J connectivity index is 0.00000200. The van der Waals surface area contributed by atoms with Gasteiger partial charge in [-0.15, -0.1) is 12.4 Å². The van der Waals surface area contributed by atoms with Gasteiger partial charge in [0.1, 0.15) is 10.7 Å². The quantitative estimate of drug-likeness (QED) is 0.916. The lowest BCUT2D eigenvalue weighted by Gasteiger charge is -2.18. The molecule has 1 aliphatic heterocycles. The molecule has 114 valence electrons. The number of halogens is 3.